The van der Waals surface area contributed by atoms with E-state index in [2.05, 4.69) is 5.32 Å². The summed E-state index contributed by atoms with van der Waals surface area (Å²) in [6.45, 7) is 1.65. The van der Waals surface area contributed by atoms with Crippen molar-refractivity contribution in [3.63, 3.8) is 0 Å². The van der Waals surface area contributed by atoms with Gasteiger partial charge in [-0.15, -0.1) is 0 Å². The van der Waals surface area contributed by atoms with E-state index in [1.807, 2.05) is 0 Å². The van der Waals surface area contributed by atoms with Crippen molar-refractivity contribution in [3.8, 4) is 0 Å². The summed E-state index contributed by atoms with van der Waals surface area (Å²) in [5, 5.41) is 1.43. The Kier molecular flexibility index (Phi) is 4.41. The second kappa shape index (κ2) is 5.96. The quantitative estimate of drug-likeness (QED) is 0.850. The van der Waals surface area contributed by atoms with Crippen LogP contribution in [0.3, 0.4) is 0 Å². The summed E-state index contributed by atoms with van der Waals surface area (Å²) >= 11 is 0. The Hall–Kier alpha value is -2.09. The number of hydrogen-bond donors (Lipinski definition) is 1. The van der Waals surface area contributed by atoms with Gasteiger partial charge in [-0.05, 0) is 19.1 Å². The minimum absolute atomic E-state index is 0.0934. The minimum atomic E-state index is -3.92. The highest BCUT2D eigenvalue weighted by molar-refractivity contribution is 7.94. The Morgan fingerprint density at radius 1 is 1.32 bits per heavy atom. The van der Waals surface area contributed by atoms with Crippen LogP contribution < -0.4 is 9.62 Å². The molecule has 1 aliphatic heterocycles. The maximum absolute atomic E-state index is 12.8. The number of para-hydroxylation sites is 1. The lowest BCUT2D eigenvalue weighted by Gasteiger charge is -2.27. The summed E-state index contributed by atoms with van der Waals surface area (Å²) < 4.78 is 26.7. The van der Waals surface area contributed by atoms with Gasteiger partial charge in [0.25, 0.3) is 5.91 Å². The molecule has 0 saturated heterocycles. The molecule has 7 nitrogen and oxygen atoms in total. The van der Waals surface area contributed by atoms with Gasteiger partial charge in [0, 0.05) is 20.6 Å². The van der Waals surface area contributed by atoms with Crippen LogP contribution in [0.25, 0.3) is 0 Å². The smallest absolute Gasteiger partial charge is 0.253 e. The molecule has 2 rings (SSSR count). The highest BCUT2D eigenvalue weighted by atomic mass is 32.2. The highest BCUT2D eigenvalue weighted by Gasteiger charge is 2.37. The first kappa shape index (κ1) is 16.3. The van der Waals surface area contributed by atoms with E-state index in [0.29, 0.717) is 5.69 Å². The fourth-order valence-corrected chi connectivity index (χ4v) is 3.94. The number of amides is 2. The molecule has 1 unspecified atom stereocenters. The largest absolute Gasteiger partial charge is 0.350 e. The first-order valence-electron chi connectivity index (χ1n) is 6.86. The summed E-state index contributed by atoms with van der Waals surface area (Å²) in [5.41, 5.74) is 0.587. The van der Waals surface area contributed by atoms with E-state index < -0.39 is 21.2 Å². The Morgan fingerprint density at radius 2 is 1.95 bits per heavy atom. The van der Waals surface area contributed by atoms with Crippen molar-refractivity contribution in [1.29, 1.82) is 0 Å². The summed E-state index contributed by atoms with van der Waals surface area (Å²) in [7, 11) is -0.897. The van der Waals surface area contributed by atoms with Crippen molar-refractivity contribution in [3.05, 3.63) is 29.8 Å². The third-order valence-corrected chi connectivity index (χ3v) is 5.65. The molecule has 120 valence electrons. The third-order valence-electron chi connectivity index (χ3n) is 3.56. The Morgan fingerprint density at radius 3 is 2.59 bits per heavy atom. The zero-order chi connectivity index (χ0) is 16.5. The van der Waals surface area contributed by atoms with Gasteiger partial charge < -0.3 is 10.2 Å². The highest BCUT2D eigenvalue weighted by Crippen LogP contribution is 2.26. The van der Waals surface area contributed by atoms with Gasteiger partial charge in [0.2, 0.25) is 15.9 Å². The lowest BCUT2D eigenvalue weighted by molar-refractivity contribution is -0.127. The van der Waals surface area contributed by atoms with Gasteiger partial charge in [0.05, 0.1) is 17.8 Å². The van der Waals surface area contributed by atoms with Gasteiger partial charge in [0.15, 0.2) is 5.25 Å². The van der Waals surface area contributed by atoms with Crippen LogP contribution >= 0.6 is 0 Å². The fourth-order valence-electron chi connectivity index (χ4n) is 2.32. The second-order valence-corrected chi connectivity index (χ2v) is 7.44. The van der Waals surface area contributed by atoms with E-state index in [1.54, 1.807) is 24.3 Å². The van der Waals surface area contributed by atoms with Crippen molar-refractivity contribution in [2.75, 3.05) is 31.5 Å². The Labute approximate surface area is 129 Å². The standard InChI is InChI=1S/C14H19N3O4S/c1-10(14(19)16(2)3)22(20,21)17-9-8-15-13(18)11-6-4-5-7-12(11)17/h4-7,10H,8-9H2,1-3H3,(H,15,18). The topological polar surface area (TPSA) is 86.8 Å². The number of carbonyl (C=O) groups excluding carboxylic acids is 2. The van der Waals surface area contributed by atoms with E-state index in [9.17, 15) is 18.0 Å². The molecule has 0 aromatic heterocycles. The van der Waals surface area contributed by atoms with Crippen molar-refractivity contribution in [1.82, 2.24) is 10.2 Å². The zero-order valence-corrected chi connectivity index (χ0v) is 13.6. The van der Waals surface area contributed by atoms with Crippen LogP contribution in [0.4, 0.5) is 5.69 Å². The van der Waals surface area contributed by atoms with Crippen LogP contribution in [0, 0.1) is 0 Å². The number of anilines is 1. The molecule has 8 heteroatoms. The van der Waals surface area contributed by atoms with E-state index in [-0.39, 0.29) is 24.6 Å². The number of rotatable bonds is 3. The molecule has 2 amide bonds. The van der Waals surface area contributed by atoms with E-state index in [4.69, 9.17) is 0 Å². The predicted molar refractivity (Wildman–Crippen MR) is 83.2 cm³/mol. The molecule has 0 bridgehead atoms. The fraction of sp³-hybridized carbons (Fsp3) is 0.429. The molecule has 1 aliphatic rings. The molecule has 1 atom stereocenters. The van der Waals surface area contributed by atoms with Crippen molar-refractivity contribution < 1.29 is 18.0 Å². The molecule has 1 N–H and O–H groups in total. The van der Waals surface area contributed by atoms with Crippen LogP contribution in [0.5, 0.6) is 0 Å². The normalized spacial score (nSPS) is 16.3. The van der Waals surface area contributed by atoms with Crippen molar-refractivity contribution >= 4 is 27.5 Å². The molecule has 1 heterocycles. The summed E-state index contributed by atoms with van der Waals surface area (Å²) in [5.74, 6) is -0.819. The lowest BCUT2D eigenvalue weighted by Crippen LogP contribution is -2.46. The Bertz CT molecular complexity index is 700. The molecule has 0 fully saturated rings. The molecule has 0 radical (unpaired) electrons. The maximum atomic E-state index is 12.8. The van der Waals surface area contributed by atoms with Crippen LogP contribution in [0.15, 0.2) is 24.3 Å². The lowest BCUT2D eigenvalue weighted by atomic mass is 10.2. The molecule has 1 aromatic rings. The van der Waals surface area contributed by atoms with Gasteiger partial charge in [-0.2, -0.15) is 0 Å². The van der Waals surface area contributed by atoms with Gasteiger partial charge in [0.1, 0.15) is 0 Å². The number of fused-ring (bicyclic) bond motifs is 1. The molecular formula is C14H19N3O4S. The maximum Gasteiger partial charge on any atom is 0.253 e. The summed E-state index contributed by atoms with van der Waals surface area (Å²) in [6, 6.07) is 6.48. The van der Waals surface area contributed by atoms with Crippen molar-refractivity contribution in [2.45, 2.75) is 12.2 Å². The first-order chi connectivity index (χ1) is 10.3. The van der Waals surface area contributed by atoms with Crippen LogP contribution in [0.1, 0.15) is 17.3 Å². The van der Waals surface area contributed by atoms with E-state index in [1.165, 1.54) is 25.9 Å². The molecule has 1 aromatic carbocycles. The second-order valence-electron chi connectivity index (χ2n) is 5.27. The number of nitrogens with zero attached hydrogens (tertiary/aromatic N) is 2. The van der Waals surface area contributed by atoms with Gasteiger partial charge in [-0.1, -0.05) is 12.1 Å². The van der Waals surface area contributed by atoms with E-state index in [0.717, 1.165) is 4.31 Å². The number of carbonyl (C=O) groups is 2. The number of sulfonamides is 1. The first-order valence-corrected chi connectivity index (χ1v) is 8.37. The van der Waals surface area contributed by atoms with Gasteiger partial charge >= 0.3 is 0 Å². The molecule has 22 heavy (non-hydrogen) atoms. The van der Waals surface area contributed by atoms with Crippen molar-refractivity contribution in [2.24, 2.45) is 0 Å². The zero-order valence-electron chi connectivity index (χ0n) is 12.7. The Balaban J connectivity index is 2.49. The third kappa shape index (κ3) is 2.78. The van der Waals surface area contributed by atoms with Crippen LogP contribution in [-0.2, 0) is 14.8 Å². The monoisotopic (exact) mass is 325 g/mol. The number of benzene rings is 1. The average Bonchev–Trinajstić information content (AvgIpc) is 2.65. The van der Waals surface area contributed by atoms with Crippen LogP contribution in [0.2, 0.25) is 0 Å². The molecule has 0 aliphatic carbocycles. The molecular weight excluding hydrogens is 306 g/mol. The van der Waals surface area contributed by atoms with E-state index >= 15 is 0 Å². The molecule has 0 spiro atoms. The number of nitrogens with one attached hydrogen (secondary N) is 1. The SMILES string of the molecule is CC(C(=O)N(C)C)S(=O)(=O)N1CCNC(=O)c2ccccc21. The van der Waals surface area contributed by atoms with Crippen LogP contribution in [-0.4, -0.2) is 57.6 Å². The van der Waals surface area contributed by atoms with Gasteiger partial charge in [-0.25, -0.2) is 8.42 Å². The minimum Gasteiger partial charge on any atom is -0.350 e. The number of hydrogen-bond acceptors (Lipinski definition) is 4. The average molecular weight is 325 g/mol. The summed E-state index contributed by atoms with van der Waals surface area (Å²) in [6.07, 6.45) is 0. The molecule has 0 saturated carbocycles. The predicted octanol–water partition coefficient (Wildman–Crippen LogP) is 0.0429. The summed E-state index contributed by atoms with van der Waals surface area (Å²) in [4.78, 5) is 25.3. The van der Waals surface area contributed by atoms with Gasteiger partial charge in [-0.3, -0.25) is 13.9 Å².